The third kappa shape index (κ3) is 4.95. The molecular weight excluding hydrogens is 284 g/mol. The van der Waals surface area contributed by atoms with Crippen LogP contribution in [0.2, 0.25) is 0 Å². The molecule has 2 rings (SSSR count). The number of piperidine rings is 1. The molecule has 1 aliphatic heterocycles. The molecule has 1 saturated heterocycles. The minimum Gasteiger partial charge on any atom is -0.497 e. The zero-order valence-corrected chi connectivity index (χ0v) is 15.9. The molecule has 0 aromatic heterocycles. The minimum absolute atomic E-state index is 0.183. The summed E-state index contributed by atoms with van der Waals surface area (Å²) >= 11 is 0. The number of methoxy groups -OCH3 is 1. The van der Waals surface area contributed by atoms with Gasteiger partial charge in [-0.15, -0.1) is 0 Å². The van der Waals surface area contributed by atoms with Gasteiger partial charge < -0.3 is 15.4 Å². The number of hydrogen-bond acceptors (Lipinski definition) is 3. The Morgan fingerprint density at radius 2 is 1.57 bits per heavy atom. The molecule has 0 saturated carbocycles. The normalized spacial score (nSPS) is 23.3. The van der Waals surface area contributed by atoms with Gasteiger partial charge in [0, 0.05) is 23.2 Å². The number of nitrogens with one attached hydrogen (secondary N) is 2. The Morgan fingerprint density at radius 3 is 2.04 bits per heavy atom. The van der Waals surface area contributed by atoms with E-state index in [-0.39, 0.29) is 11.1 Å². The summed E-state index contributed by atoms with van der Waals surface area (Å²) < 4.78 is 5.25. The van der Waals surface area contributed by atoms with E-state index in [1.165, 1.54) is 5.56 Å². The first-order valence-corrected chi connectivity index (χ1v) is 8.81. The lowest BCUT2D eigenvalue weighted by molar-refractivity contribution is 0.138. The molecule has 0 amide bonds. The lowest BCUT2D eigenvalue weighted by Gasteiger charge is -2.47. The zero-order chi connectivity index (χ0) is 17.3. The van der Waals surface area contributed by atoms with Crippen LogP contribution in [-0.4, -0.2) is 30.3 Å². The van der Waals surface area contributed by atoms with E-state index < -0.39 is 0 Å². The highest BCUT2D eigenvalue weighted by atomic mass is 16.5. The fourth-order valence-corrected chi connectivity index (χ4v) is 4.15. The van der Waals surface area contributed by atoms with Crippen LogP contribution in [0.3, 0.4) is 0 Å². The maximum atomic E-state index is 5.25. The van der Waals surface area contributed by atoms with E-state index in [4.69, 9.17) is 4.74 Å². The molecule has 130 valence electrons. The summed E-state index contributed by atoms with van der Waals surface area (Å²) in [4.78, 5) is 0. The van der Waals surface area contributed by atoms with Crippen LogP contribution in [0.1, 0.15) is 65.9 Å². The van der Waals surface area contributed by atoms with Crippen molar-refractivity contribution in [3.63, 3.8) is 0 Å². The molecule has 0 aliphatic carbocycles. The fraction of sp³-hybridized carbons (Fsp3) is 0.700. The van der Waals surface area contributed by atoms with Crippen LogP contribution < -0.4 is 15.4 Å². The summed E-state index contributed by atoms with van der Waals surface area (Å²) in [5.41, 5.74) is 1.73. The van der Waals surface area contributed by atoms with E-state index in [1.807, 2.05) is 0 Å². The molecule has 1 heterocycles. The molecule has 2 N–H and O–H groups in total. The van der Waals surface area contributed by atoms with Gasteiger partial charge in [-0.1, -0.05) is 19.1 Å². The maximum Gasteiger partial charge on any atom is 0.118 e. The Hall–Kier alpha value is -1.06. The summed E-state index contributed by atoms with van der Waals surface area (Å²) in [6, 6.07) is 9.45. The number of hydrogen-bond donors (Lipinski definition) is 2. The first-order valence-electron chi connectivity index (χ1n) is 8.81. The smallest absolute Gasteiger partial charge is 0.118 e. The van der Waals surface area contributed by atoms with Gasteiger partial charge in [-0.3, -0.25) is 0 Å². The van der Waals surface area contributed by atoms with Crippen molar-refractivity contribution in [3.8, 4) is 5.75 Å². The van der Waals surface area contributed by atoms with Gasteiger partial charge in [-0.2, -0.15) is 0 Å². The van der Waals surface area contributed by atoms with E-state index in [1.54, 1.807) is 7.11 Å². The number of ether oxygens (including phenoxy) is 1. The van der Waals surface area contributed by atoms with Crippen molar-refractivity contribution in [2.24, 2.45) is 0 Å². The molecule has 1 aromatic carbocycles. The quantitative estimate of drug-likeness (QED) is 0.858. The van der Waals surface area contributed by atoms with Crippen LogP contribution in [0, 0.1) is 0 Å². The Labute approximate surface area is 142 Å². The van der Waals surface area contributed by atoms with Crippen molar-refractivity contribution >= 4 is 0 Å². The highest BCUT2D eigenvalue weighted by Gasteiger charge is 2.38. The SMILES string of the molecule is COc1ccc([C@@H](C)[C@@H](C)NC2CC(C)(C)NC(C)(C)C2)cc1. The molecule has 0 radical (unpaired) electrons. The maximum absolute atomic E-state index is 5.25. The second-order valence-electron chi connectivity index (χ2n) is 8.52. The van der Waals surface area contributed by atoms with Crippen LogP contribution in [0.5, 0.6) is 5.75 Å². The fourth-order valence-electron chi connectivity index (χ4n) is 4.15. The Morgan fingerprint density at radius 1 is 1.04 bits per heavy atom. The molecule has 1 aromatic rings. The Bertz CT molecular complexity index is 491. The summed E-state index contributed by atoms with van der Waals surface area (Å²) in [6.07, 6.45) is 2.33. The molecule has 3 nitrogen and oxygen atoms in total. The van der Waals surface area contributed by atoms with Gasteiger partial charge in [0.05, 0.1) is 7.11 Å². The van der Waals surface area contributed by atoms with Gasteiger partial charge >= 0.3 is 0 Å². The topological polar surface area (TPSA) is 33.3 Å². The average molecular weight is 319 g/mol. The van der Waals surface area contributed by atoms with E-state index in [9.17, 15) is 0 Å². The van der Waals surface area contributed by atoms with E-state index in [0.717, 1.165) is 18.6 Å². The van der Waals surface area contributed by atoms with Gasteiger partial charge in [-0.25, -0.2) is 0 Å². The number of benzene rings is 1. The second-order valence-corrected chi connectivity index (χ2v) is 8.52. The van der Waals surface area contributed by atoms with Crippen LogP contribution >= 0.6 is 0 Å². The third-order valence-electron chi connectivity index (χ3n) is 5.08. The Balaban J connectivity index is 2.00. The van der Waals surface area contributed by atoms with Crippen molar-refractivity contribution in [2.45, 2.75) is 83.5 Å². The van der Waals surface area contributed by atoms with Gasteiger partial charge in [0.2, 0.25) is 0 Å². The second kappa shape index (κ2) is 6.82. The predicted octanol–water partition coefficient (Wildman–Crippen LogP) is 4.09. The third-order valence-corrected chi connectivity index (χ3v) is 5.08. The molecule has 23 heavy (non-hydrogen) atoms. The van der Waals surface area contributed by atoms with Crippen molar-refractivity contribution in [1.82, 2.24) is 10.6 Å². The highest BCUT2D eigenvalue weighted by molar-refractivity contribution is 5.29. The molecular formula is C20H34N2O. The van der Waals surface area contributed by atoms with Gasteiger partial charge in [0.25, 0.3) is 0 Å². The monoisotopic (exact) mass is 318 g/mol. The molecule has 0 spiro atoms. The molecule has 2 atom stereocenters. The molecule has 1 fully saturated rings. The van der Waals surface area contributed by atoms with Crippen LogP contribution in [0.4, 0.5) is 0 Å². The van der Waals surface area contributed by atoms with E-state index in [2.05, 4.69) is 76.4 Å². The average Bonchev–Trinajstić information content (AvgIpc) is 2.43. The van der Waals surface area contributed by atoms with Crippen LogP contribution in [0.15, 0.2) is 24.3 Å². The summed E-state index contributed by atoms with van der Waals surface area (Å²) in [5, 5.41) is 7.64. The summed E-state index contributed by atoms with van der Waals surface area (Å²) in [5.74, 6) is 1.39. The lowest BCUT2D eigenvalue weighted by atomic mass is 9.79. The number of rotatable bonds is 5. The summed E-state index contributed by atoms with van der Waals surface area (Å²) in [6.45, 7) is 13.8. The van der Waals surface area contributed by atoms with E-state index >= 15 is 0 Å². The standard InChI is InChI=1S/C20H34N2O/c1-14(16-8-10-18(23-7)11-9-16)15(2)21-17-12-19(3,4)22-20(5,6)13-17/h8-11,14-15,17,21-22H,12-13H2,1-7H3/t14-,15+/m0/s1. The predicted molar refractivity (Wildman–Crippen MR) is 98.3 cm³/mol. The summed E-state index contributed by atoms with van der Waals surface area (Å²) in [7, 11) is 1.71. The molecule has 0 bridgehead atoms. The van der Waals surface area contributed by atoms with Crippen molar-refractivity contribution in [2.75, 3.05) is 7.11 Å². The molecule has 1 aliphatic rings. The lowest BCUT2D eigenvalue weighted by Crippen LogP contribution is -2.62. The van der Waals surface area contributed by atoms with Crippen molar-refractivity contribution in [1.29, 1.82) is 0 Å². The Kier molecular flexibility index (Phi) is 5.42. The minimum atomic E-state index is 0.183. The molecule has 3 heteroatoms. The van der Waals surface area contributed by atoms with Crippen molar-refractivity contribution in [3.05, 3.63) is 29.8 Å². The zero-order valence-electron chi connectivity index (χ0n) is 15.9. The first-order chi connectivity index (χ1) is 10.6. The van der Waals surface area contributed by atoms with Gasteiger partial charge in [0.1, 0.15) is 5.75 Å². The largest absolute Gasteiger partial charge is 0.497 e. The van der Waals surface area contributed by atoms with Gasteiger partial charge in [0.15, 0.2) is 0 Å². The highest BCUT2D eigenvalue weighted by Crippen LogP contribution is 2.30. The van der Waals surface area contributed by atoms with E-state index in [0.29, 0.717) is 18.0 Å². The van der Waals surface area contributed by atoms with Crippen molar-refractivity contribution < 1.29 is 4.74 Å². The van der Waals surface area contributed by atoms with Crippen LogP contribution in [-0.2, 0) is 0 Å². The van der Waals surface area contributed by atoms with Crippen LogP contribution in [0.25, 0.3) is 0 Å². The molecule has 0 unspecified atom stereocenters. The first kappa shape index (κ1) is 18.3. The van der Waals surface area contributed by atoms with Gasteiger partial charge in [-0.05, 0) is 71.1 Å².